The molecule has 4 heteroatoms. The third kappa shape index (κ3) is 3.38. The maximum atomic E-state index is 12.2. The van der Waals surface area contributed by atoms with Crippen molar-refractivity contribution >= 4 is 11.6 Å². The Morgan fingerprint density at radius 3 is 2.65 bits per heavy atom. The first kappa shape index (κ1) is 15.0. The number of benzene rings is 1. The molecule has 0 aliphatic carbocycles. The maximum Gasteiger partial charge on any atom is 0.231 e. The highest BCUT2D eigenvalue weighted by Gasteiger charge is 2.32. The number of hydrogen-bond donors (Lipinski definition) is 2. The summed E-state index contributed by atoms with van der Waals surface area (Å²) in [6.07, 6.45) is 1.12. The summed E-state index contributed by atoms with van der Waals surface area (Å²) in [5.74, 6) is 0.462. The zero-order chi connectivity index (χ0) is 14.5. The summed E-state index contributed by atoms with van der Waals surface area (Å²) in [5.41, 5.74) is 2.16. The lowest BCUT2D eigenvalue weighted by Gasteiger charge is -2.17. The fourth-order valence-corrected chi connectivity index (χ4v) is 2.46. The smallest absolute Gasteiger partial charge is 0.231 e. The normalized spacial score (nSPS) is 23.6. The van der Waals surface area contributed by atoms with Crippen LogP contribution in [0.15, 0.2) is 24.3 Å². The van der Waals surface area contributed by atoms with Crippen molar-refractivity contribution in [2.24, 2.45) is 5.92 Å². The van der Waals surface area contributed by atoms with Gasteiger partial charge in [0.1, 0.15) is 0 Å². The molecule has 4 nitrogen and oxygen atoms in total. The Bertz CT molecular complexity index is 444. The van der Waals surface area contributed by atoms with E-state index in [0.29, 0.717) is 19.1 Å². The van der Waals surface area contributed by atoms with E-state index in [-0.39, 0.29) is 17.9 Å². The zero-order valence-electron chi connectivity index (χ0n) is 12.5. The second-order valence-electron chi connectivity index (χ2n) is 5.46. The first-order chi connectivity index (χ1) is 9.65. The standard InChI is InChI=1S/C16H24N2O2/c1-4-11(2)12-5-7-13(8-6-12)18-16(19)14-9-20-10-15(14)17-3/h5-8,11,14-15,17H,4,9-10H2,1-3H3,(H,18,19). The molecular formula is C16H24N2O2. The topological polar surface area (TPSA) is 50.4 Å². The van der Waals surface area contributed by atoms with E-state index < -0.39 is 0 Å². The van der Waals surface area contributed by atoms with E-state index in [0.717, 1.165) is 12.1 Å². The lowest BCUT2D eigenvalue weighted by Crippen LogP contribution is -2.39. The highest BCUT2D eigenvalue weighted by molar-refractivity contribution is 5.93. The maximum absolute atomic E-state index is 12.2. The van der Waals surface area contributed by atoms with Crippen LogP contribution in [0.1, 0.15) is 31.7 Å². The van der Waals surface area contributed by atoms with Crippen LogP contribution in [0.2, 0.25) is 0 Å². The molecule has 0 aromatic heterocycles. The second-order valence-corrected chi connectivity index (χ2v) is 5.46. The van der Waals surface area contributed by atoms with Gasteiger partial charge in [0, 0.05) is 11.7 Å². The summed E-state index contributed by atoms with van der Waals surface area (Å²) in [4.78, 5) is 12.2. The van der Waals surface area contributed by atoms with Gasteiger partial charge in [0.25, 0.3) is 0 Å². The molecule has 1 saturated heterocycles. The van der Waals surface area contributed by atoms with Gasteiger partial charge < -0.3 is 15.4 Å². The average Bonchev–Trinajstić information content (AvgIpc) is 2.95. The van der Waals surface area contributed by atoms with E-state index in [1.807, 2.05) is 19.2 Å². The van der Waals surface area contributed by atoms with Gasteiger partial charge >= 0.3 is 0 Å². The summed E-state index contributed by atoms with van der Waals surface area (Å²) in [7, 11) is 1.86. The van der Waals surface area contributed by atoms with Crippen LogP contribution in [-0.2, 0) is 9.53 Å². The van der Waals surface area contributed by atoms with Gasteiger partial charge in [-0.05, 0) is 37.1 Å². The number of nitrogens with one attached hydrogen (secondary N) is 2. The molecular weight excluding hydrogens is 252 g/mol. The monoisotopic (exact) mass is 276 g/mol. The summed E-state index contributed by atoms with van der Waals surface area (Å²) in [5, 5.41) is 6.10. The van der Waals surface area contributed by atoms with Crippen molar-refractivity contribution in [2.45, 2.75) is 32.2 Å². The number of likely N-dealkylation sites (N-methyl/N-ethyl adjacent to an activating group) is 1. The quantitative estimate of drug-likeness (QED) is 0.868. The minimum absolute atomic E-state index is 0.0261. The Morgan fingerprint density at radius 1 is 1.35 bits per heavy atom. The highest BCUT2D eigenvalue weighted by atomic mass is 16.5. The molecule has 3 unspecified atom stereocenters. The van der Waals surface area contributed by atoms with Gasteiger partial charge in [0.05, 0.1) is 19.1 Å². The van der Waals surface area contributed by atoms with Crippen LogP contribution in [0.4, 0.5) is 5.69 Å². The van der Waals surface area contributed by atoms with Gasteiger partial charge in [-0.2, -0.15) is 0 Å². The Kier molecular flexibility index (Phi) is 5.15. The summed E-state index contributed by atoms with van der Waals surface area (Å²) in [6.45, 7) is 5.48. The van der Waals surface area contributed by atoms with Crippen molar-refractivity contribution in [1.82, 2.24) is 5.32 Å². The molecule has 1 aliphatic rings. The van der Waals surface area contributed by atoms with Crippen LogP contribution < -0.4 is 10.6 Å². The number of rotatable bonds is 5. The van der Waals surface area contributed by atoms with Gasteiger partial charge in [-0.25, -0.2) is 0 Å². The molecule has 1 amide bonds. The van der Waals surface area contributed by atoms with Crippen LogP contribution in [0.5, 0.6) is 0 Å². The fourth-order valence-electron chi connectivity index (χ4n) is 2.46. The fraction of sp³-hybridized carbons (Fsp3) is 0.562. The molecule has 0 radical (unpaired) electrons. The van der Waals surface area contributed by atoms with E-state index in [1.54, 1.807) is 0 Å². The van der Waals surface area contributed by atoms with Gasteiger partial charge in [0.15, 0.2) is 0 Å². The molecule has 3 atom stereocenters. The number of ether oxygens (including phenoxy) is 1. The SMILES string of the molecule is CCC(C)c1ccc(NC(=O)C2COCC2NC)cc1. The van der Waals surface area contributed by atoms with Gasteiger partial charge in [-0.15, -0.1) is 0 Å². The first-order valence-corrected chi connectivity index (χ1v) is 7.31. The van der Waals surface area contributed by atoms with Crippen molar-refractivity contribution in [2.75, 3.05) is 25.6 Å². The zero-order valence-corrected chi connectivity index (χ0v) is 12.5. The van der Waals surface area contributed by atoms with Gasteiger partial charge in [-0.1, -0.05) is 26.0 Å². The lowest BCUT2D eigenvalue weighted by molar-refractivity contribution is -0.120. The molecule has 20 heavy (non-hydrogen) atoms. The molecule has 0 saturated carbocycles. The summed E-state index contributed by atoms with van der Waals surface area (Å²) in [6, 6.07) is 8.23. The number of hydrogen-bond acceptors (Lipinski definition) is 3. The molecule has 0 spiro atoms. The Balaban J connectivity index is 1.97. The Labute approximate surface area is 120 Å². The van der Waals surface area contributed by atoms with Crippen LogP contribution in [0.25, 0.3) is 0 Å². The average molecular weight is 276 g/mol. The molecule has 0 bridgehead atoms. The predicted molar refractivity (Wildman–Crippen MR) is 80.9 cm³/mol. The molecule has 1 aromatic carbocycles. The third-order valence-electron chi connectivity index (χ3n) is 4.15. The molecule has 1 aromatic rings. The van der Waals surface area contributed by atoms with Crippen LogP contribution in [0, 0.1) is 5.92 Å². The van der Waals surface area contributed by atoms with Crippen molar-refractivity contribution in [3.8, 4) is 0 Å². The summed E-state index contributed by atoms with van der Waals surface area (Å²) >= 11 is 0. The highest BCUT2D eigenvalue weighted by Crippen LogP contribution is 2.21. The molecule has 1 aliphatic heterocycles. The molecule has 2 rings (SSSR count). The van der Waals surface area contributed by atoms with Crippen LogP contribution >= 0.6 is 0 Å². The van der Waals surface area contributed by atoms with E-state index in [2.05, 4.69) is 36.6 Å². The number of amides is 1. The van der Waals surface area contributed by atoms with E-state index in [9.17, 15) is 4.79 Å². The van der Waals surface area contributed by atoms with Crippen LogP contribution in [-0.4, -0.2) is 32.2 Å². The lowest BCUT2D eigenvalue weighted by atomic mass is 9.98. The van der Waals surface area contributed by atoms with E-state index >= 15 is 0 Å². The number of anilines is 1. The molecule has 1 fully saturated rings. The minimum atomic E-state index is -0.116. The van der Waals surface area contributed by atoms with Gasteiger partial charge in [0.2, 0.25) is 5.91 Å². The van der Waals surface area contributed by atoms with Gasteiger partial charge in [-0.3, -0.25) is 4.79 Å². The number of carbonyl (C=O) groups is 1. The van der Waals surface area contributed by atoms with Crippen molar-refractivity contribution in [3.63, 3.8) is 0 Å². The molecule has 110 valence electrons. The molecule has 1 heterocycles. The van der Waals surface area contributed by atoms with Crippen molar-refractivity contribution < 1.29 is 9.53 Å². The third-order valence-corrected chi connectivity index (χ3v) is 4.15. The minimum Gasteiger partial charge on any atom is -0.379 e. The first-order valence-electron chi connectivity index (χ1n) is 7.31. The van der Waals surface area contributed by atoms with Crippen LogP contribution in [0.3, 0.4) is 0 Å². The Morgan fingerprint density at radius 2 is 2.05 bits per heavy atom. The number of carbonyl (C=O) groups excluding carboxylic acids is 1. The Hall–Kier alpha value is -1.39. The van der Waals surface area contributed by atoms with E-state index in [1.165, 1.54) is 5.56 Å². The van der Waals surface area contributed by atoms with Crippen molar-refractivity contribution in [3.05, 3.63) is 29.8 Å². The predicted octanol–water partition coefficient (Wildman–Crippen LogP) is 2.37. The second kappa shape index (κ2) is 6.86. The van der Waals surface area contributed by atoms with Crippen molar-refractivity contribution in [1.29, 1.82) is 0 Å². The van der Waals surface area contributed by atoms with E-state index in [4.69, 9.17) is 4.74 Å². The molecule has 2 N–H and O–H groups in total. The largest absolute Gasteiger partial charge is 0.379 e. The summed E-state index contributed by atoms with van der Waals surface area (Å²) < 4.78 is 5.36.